The molecule has 0 bridgehead atoms. The molecule has 23 heavy (non-hydrogen) atoms. The number of halogens is 1. The van der Waals surface area contributed by atoms with Crippen molar-refractivity contribution >= 4 is 24.0 Å². The van der Waals surface area contributed by atoms with Gasteiger partial charge in [-0.15, -0.1) is 12.4 Å². The molecule has 5 nitrogen and oxygen atoms in total. The van der Waals surface area contributed by atoms with Gasteiger partial charge in [0.15, 0.2) is 0 Å². The van der Waals surface area contributed by atoms with E-state index >= 15 is 0 Å². The summed E-state index contributed by atoms with van der Waals surface area (Å²) in [6.07, 6.45) is 2.99. The molecule has 2 rings (SSSR count). The molecular formula is C17H27ClN2O3. The minimum Gasteiger partial charge on any atom is -0.399 e. The number of aryl methyl sites for hydroxylation is 1. The fraction of sp³-hybridized carbons (Fsp3) is 0.588. The number of rotatable bonds is 7. The minimum atomic E-state index is -0.0748. The Balaban J connectivity index is 0.00000264. The van der Waals surface area contributed by atoms with Crippen molar-refractivity contribution in [1.82, 2.24) is 5.32 Å². The lowest BCUT2D eigenvalue weighted by atomic mass is 10.0. The molecule has 1 fully saturated rings. The van der Waals surface area contributed by atoms with Gasteiger partial charge in [-0.25, -0.2) is 0 Å². The molecule has 1 aromatic carbocycles. The average molecular weight is 343 g/mol. The lowest BCUT2D eigenvalue weighted by Gasteiger charge is -2.21. The average Bonchev–Trinajstić information content (AvgIpc) is 2.54. The van der Waals surface area contributed by atoms with Crippen molar-refractivity contribution in [3.8, 4) is 0 Å². The molecule has 0 spiro atoms. The number of ether oxygens (including phenoxy) is 2. The Morgan fingerprint density at radius 2 is 2.13 bits per heavy atom. The van der Waals surface area contributed by atoms with E-state index in [9.17, 15) is 4.79 Å². The van der Waals surface area contributed by atoms with Gasteiger partial charge in [0, 0.05) is 44.2 Å². The number of benzene rings is 1. The lowest BCUT2D eigenvalue weighted by Crippen LogP contribution is -2.26. The summed E-state index contributed by atoms with van der Waals surface area (Å²) in [4.78, 5) is 12.1. The second kappa shape index (κ2) is 10.5. The van der Waals surface area contributed by atoms with Crippen LogP contribution in [0.5, 0.6) is 0 Å². The molecule has 1 aliphatic heterocycles. The maximum absolute atomic E-state index is 12.1. The molecule has 1 saturated heterocycles. The van der Waals surface area contributed by atoms with Crippen LogP contribution in [0.25, 0.3) is 0 Å². The predicted octanol–water partition coefficient (Wildman–Crippen LogP) is 2.56. The van der Waals surface area contributed by atoms with Gasteiger partial charge in [0.2, 0.25) is 0 Å². The zero-order valence-corrected chi connectivity index (χ0v) is 14.5. The van der Waals surface area contributed by atoms with E-state index in [1.807, 2.05) is 13.0 Å². The SMILES string of the molecule is Cc1ccc(N)cc1C(=O)NCCCOCC1CCOCC1.Cl. The predicted molar refractivity (Wildman–Crippen MR) is 94.2 cm³/mol. The summed E-state index contributed by atoms with van der Waals surface area (Å²) in [6.45, 7) is 5.69. The largest absolute Gasteiger partial charge is 0.399 e. The summed E-state index contributed by atoms with van der Waals surface area (Å²) in [5.74, 6) is 0.549. The number of nitrogens with two attached hydrogens (primary N) is 1. The first-order chi connectivity index (χ1) is 10.7. The molecule has 130 valence electrons. The number of carbonyl (C=O) groups excluding carboxylic acids is 1. The van der Waals surface area contributed by atoms with E-state index in [4.69, 9.17) is 15.2 Å². The highest BCUT2D eigenvalue weighted by Crippen LogP contribution is 2.15. The summed E-state index contributed by atoms with van der Waals surface area (Å²) in [7, 11) is 0. The van der Waals surface area contributed by atoms with Crippen molar-refractivity contribution < 1.29 is 14.3 Å². The van der Waals surface area contributed by atoms with Gasteiger partial charge in [-0.3, -0.25) is 4.79 Å². The fourth-order valence-corrected chi connectivity index (χ4v) is 2.52. The van der Waals surface area contributed by atoms with Crippen LogP contribution >= 0.6 is 12.4 Å². The number of amides is 1. The van der Waals surface area contributed by atoms with E-state index in [1.54, 1.807) is 12.1 Å². The van der Waals surface area contributed by atoms with Crippen LogP contribution in [0.3, 0.4) is 0 Å². The van der Waals surface area contributed by atoms with E-state index < -0.39 is 0 Å². The van der Waals surface area contributed by atoms with Gasteiger partial charge in [0.25, 0.3) is 5.91 Å². The maximum atomic E-state index is 12.1. The quantitative estimate of drug-likeness (QED) is 0.590. The smallest absolute Gasteiger partial charge is 0.251 e. The molecule has 1 amide bonds. The van der Waals surface area contributed by atoms with Crippen molar-refractivity contribution in [2.75, 3.05) is 38.7 Å². The third kappa shape index (κ3) is 6.77. The Bertz CT molecular complexity index is 491. The molecule has 0 aromatic heterocycles. The lowest BCUT2D eigenvalue weighted by molar-refractivity contribution is 0.0202. The Hall–Kier alpha value is -1.30. The number of carbonyl (C=O) groups is 1. The second-order valence-corrected chi connectivity index (χ2v) is 5.81. The van der Waals surface area contributed by atoms with Crippen LogP contribution in [0.2, 0.25) is 0 Å². The Labute approximate surface area is 144 Å². The highest BCUT2D eigenvalue weighted by Gasteiger charge is 2.13. The van der Waals surface area contributed by atoms with Crippen LogP contribution in [-0.4, -0.2) is 38.9 Å². The van der Waals surface area contributed by atoms with E-state index in [2.05, 4.69) is 5.32 Å². The highest BCUT2D eigenvalue weighted by molar-refractivity contribution is 5.96. The number of anilines is 1. The summed E-state index contributed by atoms with van der Waals surface area (Å²) < 4.78 is 11.0. The van der Waals surface area contributed by atoms with Crippen molar-refractivity contribution in [2.45, 2.75) is 26.2 Å². The zero-order chi connectivity index (χ0) is 15.8. The molecule has 0 saturated carbocycles. The van der Waals surface area contributed by atoms with Gasteiger partial charge in [-0.2, -0.15) is 0 Å². The van der Waals surface area contributed by atoms with Crippen molar-refractivity contribution in [3.05, 3.63) is 29.3 Å². The summed E-state index contributed by atoms with van der Waals surface area (Å²) in [5, 5.41) is 2.91. The molecule has 1 aromatic rings. The highest BCUT2D eigenvalue weighted by atomic mass is 35.5. The van der Waals surface area contributed by atoms with Crippen LogP contribution in [0.15, 0.2) is 18.2 Å². The van der Waals surface area contributed by atoms with Crippen LogP contribution in [0, 0.1) is 12.8 Å². The molecule has 3 N–H and O–H groups in total. The number of hydrogen-bond acceptors (Lipinski definition) is 4. The summed E-state index contributed by atoms with van der Waals surface area (Å²) in [5.41, 5.74) is 7.90. The molecular weight excluding hydrogens is 316 g/mol. The third-order valence-corrected chi connectivity index (χ3v) is 3.95. The van der Waals surface area contributed by atoms with Gasteiger partial charge in [-0.1, -0.05) is 6.07 Å². The van der Waals surface area contributed by atoms with Crippen molar-refractivity contribution in [3.63, 3.8) is 0 Å². The Morgan fingerprint density at radius 3 is 2.87 bits per heavy atom. The first-order valence-corrected chi connectivity index (χ1v) is 7.96. The number of nitrogen functional groups attached to an aromatic ring is 1. The molecule has 6 heteroatoms. The van der Waals surface area contributed by atoms with Crippen LogP contribution in [0.4, 0.5) is 5.69 Å². The normalized spacial score (nSPS) is 15.0. The Morgan fingerprint density at radius 1 is 1.39 bits per heavy atom. The van der Waals surface area contributed by atoms with Gasteiger partial charge in [0.1, 0.15) is 0 Å². The third-order valence-electron chi connectivity index (χ3n) is 3.95. The van der Waals surface area contributed by atoms with Crippen molar-refractivity contribution in [1.29, 1.82) is 0 Å². The standard InChI is InChI=1S/C17H26N2O3.ClH/c1-13-3-4-15(18)11-16(13)17(20)19-7-2-8-22-12-14-5-9-21-10-6-14;/h3-4,11,14H,2,5-10,12,18H2,1H3,(H,19,20);1H. The zero-order valence-electron chi connectivity index (χ0n) is 13.7. The van der Waals surface area contributed by atoms with Gasteiger partial charge >= 0.3 is 0 Å². The maximum Gasteiger partial charge on any atom is 0.251 e. The molecule has 1 heterocycles. The summed E-state index contributed by atoms with van der Waals surface area (Å²) in [6, 6.07) is 5.38. The monoisotopic (exact) mass is 342 g/mol. The van der Waals surface area contributed by atoms with Crippen molar-refractivity contribution in [2.24, 2.45) is 5.92 Å². The van der Waals surface area contributed by atoms with Gasteiger partial charge in [-0.05, 0) is 49.8 Å². The fourth-order valence-electron chi connectivity index (χ4n) is 2.52. The number of hydrogen-bond donors (Lipinski definition) is 2. The molecule has 0 atom stereocenters. The van der Waals surface area contributed by atoms with Crippen LogP contribution in [-0.2, 0) is 9.47 Å². The molecule has 0 unspecified atom stereocenters. The van der Waals surface area contributed by atoms with Gasteiger partial charge < -0.3 is 20.5 Å². The van der Waals surface area contributed by atoms with E-state index in [0.717, 1.165) is 44.6 Å². The topological polar surface area (TPSA) is 73.6 Å². The van der Waals surface area contributed by atoms with Crippen LogP contribution in [0.1, 0.15) is 35.2 Å². The molecule has 1 aliphatic rings. The van der Waals surface area contributed by atoms with E-state index in [1.165, 1.54) is 0 Å². The minimum absolute atomic E-state index is 0. The Kier molecular flexibility index (Phi) is 8.99. The first kappa shape index (κ1) is 19.7. The first-order valence-electron chi connectivity index (χ1n) is 7.96. The second-order valence-electron chi connectivity index (χ2n) is 5.81. The van der Waals surface area contributed by atoms with E-state index in [0.29, 0.717) is 30.3 Å². The summed E-state index contributed by atoms with van der Waals surface area (Å²) >= 11 is 0. The van der Waals surface area contributed by atoms with Gasteiger partial charge in [0.05, 0.1) is 0 Å². The number of nitrogens with one attached hydrogen (secondary N) is 1. The molecule has 0 radical (unpaired) electrons. The van der Waals surface area contributed by atoms with E-state index in [-0.39, 0.29) is 18.3 Å². The van der Waals surface area contributed by atoms with Crippen LogP contribution < -0.4 is 11.1 Å². The molecule has 0 aliphatic carbocycles.